The van der Waals surface area contributed by atoms with Gasteiger partial charge in [0.05, 0.1) is 26.0 Å². The van der Waals surface area contributed by atoms with Crippen molar-refractivity contribution in [2.75, 3.05) is 20.3 Å². The summed E-state index contributed by atoms with van der Waals surface area (Å²) in [5.74, 6) is -0.00536. The third kappa shape index (κ3) is 2.80. The molecule has 1 aromatic carbocycles. The second-order valence-corrected chi connectivity index (χ2v) is 6.45. The Kier molecular flexibility index (Phi) is 4.24. The lowest BCUT2D eigenvalue weighted by Gasteiger charge is -2.25. The number of methoxy groups -OCH3 is 1. The Morgan fingerprint density at radius 1 is 1.46 bits per heavy atom. The van der Waals surface area contributed by atoms with E-state index in [4.69, 9.17) is 9.47 Å². The molecule has 0 amide bonds. The molecular formula is C18H22FN3O2. The second kappa shape index (κ2) is 6.53. The van der Waals surface area contributed by atoms with Crippen molar-refractivity contribution in [2.45, 2.75) is 38.5 Å². The summed E-state index contributed by atoms with van der Waals surface area (Å²) in [6, 6.07) is 5.51. The third-order valence-electron chi connectivity index (χ3n) is 5.06. The van der Waals surface area contributed by atoms with Gasteiger partial charge in [0.2, 0.25) is 0 Å². The lowest BCUT2D eigenvalue weighted by molar-refractivity contribution is 0.108. The molecule has 1 aromatic heterocycles. The van der Waals surface area contributed by atoms with E-state index in [1.807, 2.05) is 6.07 Å². The molecule has 0 aliphatic carbocycles. The van der Waals surface area contributed by atoms with Gasteiger partial charge in [-0.3, -0.25) is 10.00 Å². The highest BCUT2D eigenvalue weighted by Crippen LogP contribution is 2.35. The number of hydrogen-bond acceptors (Lipinski definition) is 4. The Balaban J connectivity index is 1.55. The molecule has 2 aromatic rings. The molecule has 128 valence electrons. The first kappa shape index (κ1) is 15.6. The van der Waals surface area contributed by atoms with Crippen LogP contribution in [0, 0.1) is 5.82 Å². The van der Waals surface area contributed by atoms with Gasteiger partial charge in [-0.05, 0) is 37.1 Å². The van der Waals surface area contributed by atoms with Crippen LogP contribution in [0.25, 0.3) is 0 Å². The summed E-state index contributed by atoms with van der Waals surface area (Å²) in [5.41, 5.74) is 4.47. The third-order valence-corrected chi connectivity index (χ3v) is 5.06. The van der Waals surface area contributed by atoms with E-state index in [-0.39, 0.29) is 11.9 Å². The van der Waals surface area contributed by atoms with E-state index >= 15 is 0 Å². The van der Waals surface area contributed by atoms with Gasteiger partial charge >= 0.3 is 0 Å². The van der Waals surface area contributed by atoms with Crippen LogP contribution >= 0.6 is 0 Å². The molecule has 1 saturated heterocycles. The topological polar surface area (TPSA) is 50.4 Å². The minimum absolute atomic E-state index is 0.224. The first-order chi connectivity index (χ1) is 11.8. The van der Waals surface area contributed by atoms with Crippen molar-refractivity contribution in [3.8, 4) is 5.75 Å². The first-order valence-corrected chi connectivity index (χ1v) is 8.46. The highest BCUT2D eigenvalue weighted by atomic mass is 19.1. The van der Waals surface area contributed by atoms with Gasteiger partial charge < -0.3 is 9.47 Å². The van der Waals surface area contributed by atoms with Gasteiger partial charge in [0.1, 0.15) is 0 Å². The van der Waals surface area contributed by atoms with E-state index in [1.165, 1.54) is 18.4 Å². The van der Waals surface area contributed by atoms with Crippen molar-refractivity contribution < 1.29 is 13.9 Å². The number of rotatable bonds is 4. The molecule has 1 fully saturated rings. The van der Waals surface area contributed by atoms with Crippen LogP contribution in [-0.2, 0) is 24.3 Å². The molecule has 6 heteroatoms. The normalized spacial score (nSPS) is 21.0. The summed E-state index contributed by atoms with van der Waals surface area (Å²) in [6.45, 7) is 3.16. The zero-order chi connectivity index (χ0) is 16.5. The van der Waals surface area contributed by atoms with E-state index in [0.717, 1.165) is 50.2 Å². The summed E-state index contributed by atoms with van der Waals surface area (Å²) in [6.07, 6.45) is 3.05. The number of benzene rings is 1. The lowest BCUT2D eigenvalue weighted by atomic mass is 10.0. The first-order valence-electron chi connectivity index (χ1n) is 8.46. The Labute approximate surface area is 140 Å². The largest absolute Gasteiger partial charge is 0.494 e. The van der Waals surface area contributed by atoms with Gasteiger partial charge in [-0.1, -0.05) is 6.07 Å². The van der Waals surface area contributed by atoms with Crippen molar-refractivity contribution in [3.63, 3.8) is 0 Å². The van der Waals surface area contributed by atoms with Crippen LogP contribution < -0.4 is 4.74 Å². The van der Waals surface area contributed by atoms with Gasteiger partial charge in [0.25, 0.3) is 0 Å². The fraction of sp³-hybridized carbons (Fsp3) is 0.500. The van der Waals surface area contributed by atoms with Crippen LogP contribution in [0.5, 0.6) is 5.75 Å². The molecule has 0 radical (unpaired) electrons. The highest BCUT2D eigenvalue weighted by Gasteiger charge is 2.29. The number of nitrogens with one attached hydrogen (secondary N) is 1. The van der Waals surface area contributed by atoms with Crippen molar-refractivity contribution >= 4 is 0 Å². The molecule has 2 aliphatic heterocycles. The number of aromatic amines is 1. The Morgan fingerprint density at radius 2 is 2.38 bits per heavy atom. The summed E-state index contributed by atoms with van der Waals surface area (Å²) in [4.78, 5) is 2.38. The monoisotopic (exact) mass is 331 g/mol. The van der Waals surface area contributed by atoms with Crippen LogP contribution in [0.4, 0.5) is 4.39 Å². The predicted molar refractivity (Wildman–Crippen MR) is 87.3 cm³/mol. The van der Waals surface area contributed by atoms with Crippen LogP contribution in [-0.4, -0.2) is 35.4 Å². The molecular weight excluding hydrogens is 309 g/mol. The molecule has 24 heavy (non-hydrogen) atoms. The fourth-order valence-electron chi connectivity index (χ4n) is 3.78. The number of H-pyrrole nitrogens is 1. The number of halogens is 1. The van der Waals surface area contributed by atoms with Crippen LogP contribution in [0.2, 0.25) is 0 Å². The van der Waals surface area contributed by atoms with Gasteiger partial charge in [0.15, 0.2) is 11.6 Å². The maximum absolute atomic E-state index is 14.1. The second-order valence-electron chi connectivity index (χ2n) is 6.45. The van der Waals surface area contributed by atoms with Crippen molar-refractivity contribution in [1.29, 1.82) is 0 Å². The smallest absolute Gasteiger partial charge is 0.165 e. The molecule has 0 bridgehead atoms. The fourth-order valence-corrected chi connectivity index (χ4v) is 3.78. The van der Waals surface area contributed by atoms with Crippen molar-refractivity contribution in [3.05, 3.63) is 46.5 Å². The zero-order valence-corrected chi connectivity index (χ0v) is 13.8. The molecule has 3 heterocycles. The van der Waals surface area contributed by atoms with Crippen molar-refractivity contribution in [2.24, 2.45) is 0 Å². The number of hydrogen-bond donors (Lipinski definition) is 1. The number of aromatic nitrogens is 2. The molecule has 1 unspecified atom stereocenters. The minimum Gasteiger partial charge on any atom is -0.494 e. The summed E-state index contributed by atoms with van der Waals surface area (Å²) in [7, 11) is 1.49. The lowest BCUT2D eigenvalue weighted by Crippen LogP contribution is -2.24. The molecule has 0 spiro atoms. The van der Waals surface area contributed by atoms with E-state index < -0.39 is 0 Å². The van der Waals surface area contributed by atoms with E-state index in [9.17, 15) is 4.39 Å². The van der Waals surface area contributed by atoms with Gasteiger partial charge in [-0.25, -0.2) is 4.39 Å². The van der Waals surface area contributed by atoms with E-state index in [0.29, 0.717) is 12.4 Å². The van der Waals surface area contributed by atoms with Gasteiger partial charge in [-0.15, -0.1) is 0 Å². The van der Waals surface area contributed by atoms with E-state index in [1.54, 1.807) is 12.1 Å². The SMILES string of the molecule is COc1ccc(C2CCCN2Cc2n[nH]c3c2COCC3)cc1F. The van der Waals surface area contributed by atoms with Crippen LogP contribution in [0.3, 0.4) is 0 Å². The summed E-state index contributed by atoms with van der Waals surface area (Å²) >= 11 is 0. The maximum Gasteiger partial charge on any atom is 0.165 e. The molecule has 1 atom stereocenters. The predicted octanol–water partition coefficient (Wildman–Crippen LogP) is 2.97. The van der Waals surface area contributed by atoms with Crippen LogP contribution in [0.15, 0.2) is 18.2 Å². The molecule has 4 rings (SSSR count). The quantitative estimate of drug-likeness (QED) is 0.936. The summed E-state index contributed by atoms with van der Waals surface area (Å²) < 4.78 is 24.6. The van der Waals surface area contributed by atoms with Crippen molar-refractivity contribution in [1.82, 2.24) is 15.1 Å². The zero-order valence-electron chi connectivity index (χ0n) is 13.8. The van der Waals surface area contributed by atoms with E-state index in [2.05, 4.69) is 15.1 Å². The number of fused-ring (bicyclic) bond motifs is 1. The van der Waals surface area contributed by atoms with Crippen LogP contribution in [0.1, 0.15) is 41.4 Å². The molecule has 0 saturated carbocycles. The Hall–Kier alpha value is -1.92. The minimum atomic E-state index is -0.299. The molecule has 5 nitrogen and oxygen atoms in total. The summed E-state index contributed by atoms with van der Waals surface area (Å²) in [5, 5.41) is 7.64. The Bertz CT molecular complexity index is 731. The average Bonchev–Trinajstić information content (AvgIpc) is 3.23. The number of likely N-dealkylation sites (tertiary alicyclic amines) is 1. The van der Waals surface area contributed by atoms with Gasteiger partial charge in [0, 0.05) is 30.3 Å². The molecule has 1 N–H and O–H groups in total. The highest BCUT2D eigenvalue weighted by molar-refractivity contribution is 5.32. The molecule has 2 aliphatic rings. The maximum atomic E-state index is 14.1. The number of ether oxygens (including phenoxy) is 2. The average molecular weight is 331 g/mol. The standard InChI is InChI=1S/C18H22FN3O2/c1-23-18-5-4-12(9-14(18)19)17-3-2-7-22(17)10-16-13-11-24-8-6-15(13)20-21-16/h4-5,9,17H,2-3,6-8,10-11H2,1H3,(H,20,21). The number of nitrogens with zero attached hydrogens (tertiary/aromatic N) is 2. The van der Waals surface area contributed by atoms with Gasteiger partial charge in [-0.2, -0.15) is 5.10 Å². The Morgan fingerprint density at radius 3 is 3.21 bits per heavy atom.